The van der Waals surface area contributed by atoms with Gasteiger partial charge in [-0.3, -0.25) is 0 Å². The Labute approximate surface area is 106 Å². The summed E-state index contributed by atoms with van der Waals surface area (Å²) in [4.78, 5) is 10.3. The molecule has 0 saturated heterocycles. The highest BCUT2D eigenvalue weighted by Crippen LogP contribution is 2.13. The van der Waals surface area contributed by atoms with Gasteiger partial charge < -0.3 is 9.84 Å². The fourth-order valence-electron chi connectivity index (χ4n) is 1.36. The van der Waals surface area contributed by atoms with Crippen LogP contribution in [0.5, 0.6) is 0 Å². The molecule has 0 atom stereocenters. The molecule has 0 radical (unpaired) electrons. The van der Waals surface area contributed by atoms with Crippen molar-refractivity contribution in [1.82, 2.24) is 0 Å². The third-order valence-electron chi connectivity index (χ3n) is 2.20. The highest BCUT2D eigenvalue weighted by Gasteiger charge is 2.03. The molecule has 0 fully saturated rings. The molecule has 18 heavy (non-hydrogen) atoms. The van der Waals surface area contributed by atoms with Crippen LogP contribution in [0, 0.1) is 11.7 Å². The van der Waals surface area contributed by atoms with Gasteiger partial charge in [-0.05, 0) is 23.6 Å². The van der Waals surface area contributed by atoms with Crippen LogP contribution in [0.1, 0.15) is 25.0 Å². The van der Waals surface area contributed by atoms with Crippen molar-refractivity contribution in [2.24, 2.45) is 5.92 Å². The van der Waals surface area contributed by atoms with Crippen LogP contribution in [0.15, 0.2) is 24.3 Å². The predicted molar refractivity (Wildman–Crippen MR) is 67.6 cm³/mol. The second kappa shape index (κ2) is 6.91. The number of ether oxygens (including phenoxy) is 1. The maximum Gasteiger partial charge on any atom is 0.328 e. The summed E-state index contributed by atoms with van der Waals surface area (Å²) < 4.78 is 19.0. The molecule has 98 valence electrons. The summed E-state index contributed by atoms with van der Waals surface area (Å²) in [5.74, 6) is -1.03. The van der Waals surface area contributed by atoms with E-state index in [9.17, 15) is 9.18 Å². The number of carboxylic acids is 1. The van der Waals surface area contributed by atoms with Crippen molar-refractivity contribution in [3.63, 3.8) is 0 Å². The average Bonchev–Trinajstić information content (AvgIpc) is 2.28. The van der Waals surface area contributed by atoms with E-state index in [0.29, 0.717) is 23.7 Å². The number of carboxylic acid groups (broad SMARTS) is 1. The molecule has 0 bridgehead atoms. The van der Waals surface area contributed by atoms with Gasteiger partial charge >= 0.3 is 5.97 Å². The van der Waals surface area contributed by atoms with Crippen molar-refractivity contribution in [2.75, 3.05) is 6.61 Å². The fourth-order valence-corrected chi connectivity index (χ4v) is 1.36. The normalized spacial score (nSPS) is 11.3. The summed E-state index contributed by atoms with van der Waals surface area (Å²) >= 11 is 0. The lowest BCUT2D eigenvalue weighted by atomic mass is 10.1. The van der Waals surface area contributed by atoms with Gasteiger partial charge in [-0.25, -0.2) is 9.18 Å². The Balaban J connectivity index is 2.65. The summed E-state index contributed by atoms with van der Waals surface area (Å²) in [5.41, 5.74) is 0.991. The van der Waals surface area contributed by atoms with Gasteiger partial charge in [-0.1, -0.05) is 26.0 Å². The van der Waals surface area contributed by atoms with Crippen molar-refractivity contribution >= 4 is 12.0 Å². The van der Waals surface area contributed by atoms with E-state index in [1.807, 2.05) is 13.8 Å². The molecule has 0 aliphatic carbocycles. The van der Waals surface area contributed by atoms with Crippen LogP contribution in [-0.2, 0) is 16.1 Å². The smallest absolute Gasteiger partial charge is 0.328 e. The van der Waals surface area contributed by atoms with E-state index >= 15 is 0 Å². The second-order valence-electron chi connectivity index (χ2n) is 4.43. The number of aliphatic carboxylic acids is 1. The average molecular weight is 252 g/mol. The summed E-state index contributed by atoms with van der Waals surface area (Å²) in [5, 5.41) is 8.47. The number of benzene rings is 1. The molecule has 4 heteroatoms. The van der Waals surface area contributed by atoms with Gasteiger partial charge in [0.1, 0.15) is 5.82 Å². The molecular formula is C14H17FO3. The van der Waals surface area contributed by atoms with Gasteiger partial charge in [0.2, 0.25) is 0 Å². The molecule has 0 aliphatic heterocycles. The first-order valence-corrected chi connectivity index (χ1v) is 5.76. The minimum Gasteiger partial charge on any atom is -0.478 e. The summed E-state index contributed by atoms with van der Waals surface area (Å²) in [7, 11) is 0. The molecule has 1 N–H and O–H groups in total. The van der Waals surface area contributed by atoms with Crippen LogP contribution >= 0.6 is 0 Å². The first-order valence-electron chi connectivity index (χ1n) is 5.76. The third kappa shape index (κ3) is 5.10. The molecule has 1 aromatic rings. The zero-order valence-corrected chi connectivity index (χ0v) is 10.5. The second-order valence-corrected chi connectivity index (χ2v) is 4.43. The van der Waals surface area contributed by atoms with E-state index in [4.69, 9.17) is 9.84 Å². The SMILES string of the molecule is CC(C)COCc1ccc(C=CC(=O)O)cc1F. The maximum atomic E-state index is 13.6. The minimum absolute atomic E-state index is 0.229. The number of hydrogen-bond donors (Lipinski definition) is 1. The van der Waals surface area contributed by atoms with Crippen LogP contribution in [0.4, 0.5) is 4.39 Å². The first-order chi connectivity index (χ1) is 8.49. The molecule has 1 aromatic carbocycles. The summed E-state index contributed by atoms with van der Waals surface area (Å²) in [6.07, 6.45) is 2.33. The number of halogens is 1. The van der Waals surface area contributed by atoms with Gasteiger partial charge in [0, 0.05) is 18.2 Å². The van der Waals surface area contributed by atoms with E-state index in [1.54, 1.807) is 12.1 Å². The summed E-state index contributed by atoms with van der Waals surface area (Å²) in [6, 6.07) is 4.57. The molecule has 0 aromatic heterocycles. The van der Waals surface area contributed by atoms with Crippen molar-refractivity contribution in [3.05, 3.63) is 41.2 Å². The Bertz CT molecular complexity index is 439. The zero-order valence-electron chi connectivity index (χ0n) is 10.5. The maximum absolute atomic E-state index is 13.6. The minimum atomic E-state index is -1.06. The monoisotopic (exact) mass is 252 g/mol. The van der Waals surface area contributed by atoms with Crippen LogP contribution in [-0.4, -0.2) is 17.7 Å². The summed E-state index contributed by atoms with van der Waals surface area (Å²) in [6.45, 7) is 4.86. The molecule has 0 saturated carbocycles. The third-order valence-corrected chi connectivity index (χ3v) is 2.20. The molecule has 0 heterocycles. The van der Waals surface area contributed by atoms with Crippen LogP contribution < -0.4 is 0 Å². The Kier molecular flexibility index (Phi) is 5.52. The van der Waals surface area contributed by atoms with E-state index in [1.165, 1.54) is 12.1 Å². The number of hydrogen-bond acceptors (Lipinski definition) is 2. The van der Waals surface area contributed by atoms with Crippen molar-refractivity contribution in [1.29, 1.82) is 0 Å². The van der Waals surface area contributed by atoms with Gasteiger partial charge in [0.05, 0.1) is 6.61 Å². The van der Waals surface area contributed by atoms with E-state index < -0.39 is 5.97 Å². The first kappa shape index (κ1) is 14.4. The van der Waals surface area contributed by atoms with E-state index in [2.05, 4.69) is 0 Å². The highest BCUT2D eigenvalue weighted by molar-refractivity contribution is 5.85. The van der Waals surface area contributed by atoms with Gasteiger partial charge in [0.15, 0.2) is 0 Å². The van der Waals surface area contributed by atoms with Crippen LogP contribution in [0.25, 0.3) is 6.08 Å². The van der Waals surface area contributed by atoms with Gasteiger partial charge in [-0.2, -0.15) is 0 Å². The number of carbonyl (C=O) groups is 1. The van der Waals surface area contributed by atoms with Gasteiger partial charge in [-0.15, -0.1) is 0 Å². The van der Waals surface area contributed by atoms with Crippen LogP contribution in [0.3, 0.4) is 0 Å². The lowest BCUT2D eigenvalue weighted by Crippen LogP contribution is -2.03. The van der Waals surface area contributed by atoms with Crippen molar-refractivity contribution in [3.8, 4) is 0 Å². The number of rotatable bonds is 6. The topological polar surface area (TPSA) is 46.5 Å². The van der Waals surface area contributed by atoms with Gasteiger partial charge in [0.25, 0.3) is 0 Å². The molecule has 0 amide bonds. The molecule has 0 spiro atoms. The Morgan fingerprint density at radius 2 is 2.22 bits per heavy atom. The molecule has 0 unspecified atom stereocenters. The molecule has 3 nitrogen and oxygen atoms in total. The standard InChI is InChI=1S/C14H17FO3/c1-10(2)8-18-9-12-5-3-11(7-13(12)15)4-6-14(16)17/h3-7,10H,8-9H2,1-2H3,(H,16,17). The lowest BCUT2D eigenvalue weighted by molar-refractivity contribution is -0.131. The van der Waals surface area contributed by atoms with E-state index in [0.717, 1.165) is 6.08 Å². The van der Waals surface area contributed by atoms with Crippen LogP contribution in [0.2, 0.25) is 0 Å². The van der Waals surface area contributed by atoms with E-state index in [-0.39, 0.29) is 12.4 Å². The lowest BCUT2D eigenvalue weighted by Gasteiger charge is -2.08. The van der Waals surface area contributed by atoms with Crippen molar-refractivity contribution < 1.29 is 19.0 Å². The molecule has 0 aliphatic rings. The zero-order chi connectivity index (χ0) is 13.5. The predicted octanol–water partition coefficient (Wildman–Crippen LogP) is 3.10. The Morgan fingerprint density at radius 3 is 2.78 bits per heavy atom. The quantitative estimate of drug-likeness (QED) is 0.791. The Hall–Kier alpha value is -1.68. The fraction of sp³-hybridized carbons (Fsp3) is 0.357. The Morgan fingerprint density at radius 1 is 1.50 bits per heavy atom. The molecular weight excluding hydrogens is 235 g/mol. The molecule has 1 rings (SSSR count). The largest absolute Gasteiger partial charge is 0.478 e. The highest BCUT2D eigenvalue weighted by atomic mass is 19.1. The van der Waals surface area contributed by atoms with Crippen molar-refractivity contribution in [2.45, 2.75) is 20.5 Å².